The van der Waals surface area contributed by atoms with E-state index in [0.29, 0.717) is 5.92 Å². The van der Waals surface area contributed by atoms with Crippen molar-refractivity contribution in [2.45, 2.75) is 58.8 Å². The maximum Gasteiger partial charge on any atom is 0.226 e. The molecule has 0 bridgehead atoms. The molecule has 0 saturated carbocycles. The molecule has 0 amide bonds. The van der Waals surface area contributed by atoms with E-state index in [1.165, 1.54) is 0 Å². The van der Waals surface area contributed by atoms with Crippen LogP contribution >= 0.6 is 0 Å². The van der Waals surface area contributed by atoms with Gasteiger partial charge in [-0.25, -0.2) is 0 Å². The molecule has 17 heavy (non-hydrogen) atoms. The third kappa shape index (κ3) is 4.46. The first kappa shape index (κ1) is 14.2. The average Bonchev–Trinajstić information content (AvgIpc) is 2.72. The SMILES string of the molecule is CCC(CCN)CCc1nc(C(C)(C)C)no1. The summed E-state index contributed by atoms with van der Waals surface area (Å²) in [5.41, 5.74) is 5.55. The van der Waals surface area contributed by atoms with Gasteiger partial charge in [0.2, 0.25) is 5.89 Å². The number of aryl methyl sites for hydroxylation is 1. The first-order chi connectivity index (χ1) is 7.97. The third-order valence-corrected chi connectivity index (χ3v) is 3.06. The highest BCUT2D eigenvalue weighted by Gasteiger charge is 2.21. The fraction of sp³-hybridized carbons (Fsp3) is 0.846. The van der Waals surface area contributed by atoms with Crippen LogP contribution in [-0.4, -0.2) is 16.7 Å². The molecule has 1 unspecified atom stereocenters. The Morgan fingerprint density at radius 3 is 2.47 bits per heavy atom. The van der Waals surface area contributed by atoms with Crippen molar-refractivity contribution in [2.24, 2.45) is 11.7 Å². The molecule has 2 N–H and O–H groups in total. The summed E-state index contributed by atoms with van der Waals surface area (Å²) in [6, 6.07) is 0. The summed E-state index contributed by atoms with van der Waals surface area (Å²) in [4.78, 5) is 4.44. The van der Waals surface area contributed by atoms with Gasteiger partial charge in [0.1, 0.15) is 0 Å². The monoisotopic (exact) mass is 239 g/mol. The molecule has 0 aromatic carbocycles. The number of hydrogen-bond acceptors (Lipinski definition) is 4. The predicted octanol–water partition coefficient (Wildman–Crippen LogP) is 2.67. The summed E-state index contributed by atoms with van der Waals surface area (Å²) in [5, 5.41) is 4.03. The molecule has 98 valence electrons. The first-order valence-electron chi connectivity index (χ1n) is 6.50. The summed E-state index contributed by atoms with van der Waals surface area (Å²) in [7, 11) is 0. The van der Waals surface area contributed by atoms with Crippen molar-refractivity contribution in [1.82, 2.24) is 10.1 Å². The van der Waals surface area contributed by atoms with Crippen molar-refractivity contribution in [3.8, 4) is 0 Å². The molecule has 0 radical (unpaired) electrons. The molecule has 0 aliphatic heterocycles. The lowest BCUT2D eigenvalue weighted by Gasteiger charge is -2.12. The number of hydrogen-bond donors (Lipinski definition) is 1. The highest BCUT2D eigenvalue weighted by Crippen LogP contribution is 2.20. The zero-order chi connectivity index (χ0) is 12.9. The van der Waals surface area contributed by atoms with E-state index < -0.39 is 0 Å². The topological polar surface area (TPSA) is 64.9 Å². The number of rotatable bonds is 6. The van der Waals surface area contributed by atoms with Gasteiger partial charge in [-0.15, -0.1) is 0 Å². The molecule has 4 nitrogen and oxygen atoms in total. The highest BCUT2D eigenvalue weighted by molar-refractivity contribution is 4.99. The molecule has 1 atom stereocenters. The maximum absolute atomic E-state index is 5.58. The number of nitrogens with zero attached hydrogens (tertiary/aromatic N) is 2. The van der Waals surface area contributed by atoms with Crippen molar-refractivity contribution < 1.29 is 4.52 Å². The lowest BCUT2D eigenvalue weighted by atomic mass is 9.95. The summed E-state index contributed by atoms with van der Waals surface area (Å²) < 4.78 is 5.27. The quantitative estimate of drug-likeness (QED) is 0.829. The zero-order valence-corrected chi connectivity index (χ0v) is 11.5. The van der Waals surface area contributed by atoms with Gasteiger partial charge in [0.15, 0.2) is 5.82 Å². The van der Waals surface area contributed by atoms with Crippen LogP contribution < -0.4 is 5.73 Å². The largest absolute Gasteiger partial charge is 0.339 e. The zero-order valence-electron chi connectivity index (χ0n) is 11.5. The molecule has 0 aliphatic carbocycles. The van der Waals surface area contributed by atoms with Crippen LogP contribution in [0, 0.1) is 5.92 Å². The normalized spacial score (nSPS) is 13.9. The molecule has 0 saturated heterocycles. The Morgan fingerprint density at radius 1 is 1.29 bits per heavy atom. The standard InChI is InChI=1S/C13H25N3O/c1-5-10(8-9-14)6-7-11-15-12(16-17-11)13(2,3)4/h10H,5-9,14H2,1-4H3. The molecule has 0 aliphatic rings. The van der Waals surface area contributed by atoms with E-state index in [2.05, 4.69) is 37.8 Å². The maximum atomic E-state index is 5.58. The van der Waals surface area contributed by atoms with Gasteiger partial charge in [0.05, 0.1) is 0 Å². The highest BCUT2D eigenvalue weighted by atomic mass is 16.5. The minimum absolute atomic E-state index is 0.0385. The van der Waals surface area contributed by atoms with Gasteiger partial charge in [0.25, 0.3) is 0 Å². The van der Waals surface area contributed by atoms with Gasteiger partial charge in [-0.3, -0.25) is 0 Å². The Labute approximate surface area is 104 Å². The average molecular weight is 239 g/mol. The summed E-state index contributed by atoms with van der Waals surface area (Å²) in [5.74, 6) is 2.22. The molecule has 1 aromatic rings. The van der Waals surface area contributed by atoms with E-state index >= 15 is 0 Å². The summed E-state index contributed by atoms with van der Waals surface area (Å²) in [6.45, 7) is 9.23. The van der Waals surface area contributed by atoms with Gasteiger partial charge in [-0.2, -0.15) is 4.98 Å². The Balaban J connectivity index is 2.49. The second-order valence-corrected chi connectivity index (χ2v) is 5.65. The molecular formula is C13H25N3O. The van der Waals surface area contributed by atoms with Crippen molar-refractivity contribution >= 4 is 0 Å². The van der Waals surface area contributed by atoms with Crippen LogP contribution in [0.15, 0.2) is 4.52 Å². The Hall–Kier alpha value is -0.900. The van der Waals surface area contributed by atoms with Crippen molar-refractivity contribution in [3.63, 3.8) is 0 Å². The van der Waals surface area contributed by atoms with Crippen LogP contribution in [0.3, 0.4) is 0 Å². The van der Waals surface area contributed by atoms with Gasteiger partial charge < -0.3 is 10.3 Å². The molecule has 4 heteroatoms. The van der Waals surface area contributed by atoms with Gasteiger partial charge in [0, 0.05) is 11.8 Å². The van der Waals surface area contributed by atoms with Crippen LogP contribution in [0.25, 0.3) is 0 Å². The van der Waals surface area contributed by atoms with E-state index in [1.54, 1.807) is 0 Å². The Morgan fingerprint density at radius 2 is 2.00 bits per heavy atom. The van der Waals surface area contributed by atoms with Gasteiger partial charge in [-0.1, -0.05) is 39.3 Å². The summed E-state index contributed by atoms with van der Waals surface area (Å²) in [6.07, 6.45) is 4.19. The lowest BCUT2D eigenvalue weighted by molar-refractivity contribution is 0.345. The smallest absolute Gasteiger partial charge is 0.226 e. The minimum atomic E-state index is -0.0385. The van der Waals surface area contributed by atoms with E-state index in [0.717, 1.165) is 43.9 Å². The fourth-order valence-corrected chi connectivity index (χ4v) is 1.78. The van der Waals surface area contributed by atoms with Gasteiger partial charge >= 0.3 is 0 Å². The first-order valence-corrected chi connectivity index (χ1v) is 6.50. The van der Waals surface area contributed by atoms with E-state index in [1.807, 2.05) is 0 Å². The van der Waals surface area contributed by atoms with Crippen molar-refractivity contribution in [3.05, 3.63) is 11.7 Å². The second kappa shape index (κ2) is 6.15. The Bertz CT molecular complexity index is 328. The minimum Gasteiger partial charge on any atom is -0.339 e. The third-order valence-electron chi connectivity index (χ3n) is 3.06. The van der Waals surface area contributed by atoms with Crippen LogP contribution in [0.2, 0.25) is 0 Å². The molecule has 1 heterocycles. The molecular weight excluding hydrogens is 214 g/mol. The fourth-order valence-electron chi connectivity index (χ4n) is 1.78. The molecule has 1 rings (SSSR count). The molecule has 1 aromatic heterocycles. The molecule has 0 spiro atoms. The van der Waals surface area contributed by atoms with Crippen LogP contribution in [0.1, 0.15) is 58.7 Å². The van der Waals surface area contributed by atoms with Crippen LogP contribution in [-0.2, 0) is 11.8 Å². The van der Waals surface area contributed by atoms with E-state index in [4.69, 9.17) is 10.3 Å². The number of aromatic nitrogens is 2. The van der Waals surface area contributed by atoms with E-state index in [-0.39, 0.29) is 5.41 Å². The lowest BCUT2D eigenvalue weighted by Crippen LogP contribution is -2.13. The van der Waals surface area contributed by atoms with Crippen molar-refractivity contribution in [1.29, 1.82) is 0 Å². The molecule has 0 fully saturated rings. The van der Waals surface area contributed by atoms with Crippen molar-refractivity contribution in [2.75, 3.05) is 6.54 Å². The Kier molecular flexibility index (Phi) is 5.12. The van der Waals surface area contributed by atoms with Crippen LogP contribution in [0.5, 0.6) is 0 Å². The van der Waals surface area contributed by atoms with Gasteiger partial charge in [-0.05, 0) is 25.3 Å². The predicted molar refractivity (Wildman–Crippen MR) is 68.8 cm³/mol. The number of nitrogens with two attached hydrogens (primary N) is 1. The summed E-state index contributed by atoms with van der Waals surface area (Å²) >= 11 is 0. The van der Waals surface area contributed by atoms with E-state index in [9.17, 15) is 0 Å². The van der Waals surface area contributed by atoms with Crippen LogP contribution in [0.4, 0.5) is 0 Å². The second-order valence-electron chi connectivity index (χ2n) is 5.65.